The largest absolute Gasteiger partial charge is 0.392 e. The first-order chi connectivity index (χ1) is 21.6. The minimum Gasteiger partial charge on any atom is -0.392 e. The summed E-state index contributed by atoms with van der Waals surface area (Å²) in [4.78, 5) is 27.2. The predicted octanol–water partition coefficient (Wildman–Crippen LogP) is 5.32. The van der Waals surface area contributed by atoms with E-state index in [-0.39, 0.29) is 25.2 Å². The zero-order chi connectivity index (χ0) is 32.0. The molecule has 6 rings (SSSR count). The fourth-order valence-corrected chi connectivity index (χ4v) is 8.09. The van der Waals surface area contributed by atoms with Crippen molar-refractivity contribution in [3.8, 4) is 0 Å². The molecule has 3 aliphatic rings. The molecule has 6 nitrogen and oxygen atoms in total. The van der Waals surface area contributed by atoms with Crippen molar-refractivity contribution < 1.29 is 29.6 Å². The maximum absolute atomic E-state index is 13.7. The number of rotatable bonds is 8. The second-order valence-electron chi connectivity index (χ2n) is 12.9. The van der Waals surface area contributed by atoms with Crippen molar-refractivity contribution in [2.24, 2.45) is 23.7 Å². The fraction of sp³-hybridized carbons (Fsp3) is 0.333. The van der Waals surface area contributed by atoms with E-state index in [1.165, 1.54) is 0 Å². The first kappa shape index (κ1) is 31.1. The van der Waals surface area contributed by atoms with E-state index in [9.17, 15) is 24.9 Å². The number of carbonyl (C=O) groups is 2. The Labute approximate surface area is 264 Å². The highest BCUT2D eigenvalue weighted by Gasteiger charge is 2.65. The molecule has 0 saturated heterocycles. The maximum atomic E-state index is 13.7. The van der Waals surface area contributed by atoms with Crippen molar-refractivity contribution >= 4 is 11.6 Å². The van der Waals surface area contributed by atoms with Crippen molar-refractivity contribution in [3.63, 3.8) is 0 Å². The molecule has 232 valence electrons. The smallest absolute Gasteiger partial charge is 0.190 e. The van der Waals surface area contributed by atoms with Crippen molar-refractivity contribution in [1.82, 2.24) is 0 Å². The van der Waals surface area contributed by atoms with Crippen LogP contribution in [0.4, 0.5) is 0 Å². The van der Waals surface area contributed by atoms with Crippen LogP contribution in [0, 0.1) is 23.7 Å². The summed E-state index contributed by atoms with van der Waals surface area (Å²) in [5.41, 5.74) is -0.670. The molecule has 0 unspecified atom stereocenters. The minimum absolute atomic E-state index is 0.00644. The Kier molecular flexibility index (Phi) is 8.12. The number of ether oxygens (including phenoxy) is 1. The first-order valence-electron chi connectivity index (χ1n) is 15.6. The summed E-state index contributed by atoms with van der Waals surface area (Å²) in [7, 11) is 0. The lowest BCUT2D eigenvalue weighted by molar-refractivity contribution is -0.176. The van der Waals surface area contributed by atoms with E-state index in [0.29, 0.717) is 16.7 Å². The van der Waals surface area contributed by atoms with Gasteiger partial charge in [0.15, 0.2) is 5.78 Å². The van der Waals surface area contributed by atoms with Gasteiger partial charge in [0, 0.05) is 30.6 Å². The lowest BCUT2D eigenvalue weighted by Gasteiger charge is -2.51. The molecule has 1 fully saturated rings. The number of hydrogen-bond donors (Lipinski definition) is 3. The summed E-state index contributed by atoms with van der Waals surface area (Å²) in [6.07, 6.45) is 3.46. The SMILES string of the molecule is C=C(CO)[C@@H]1C(=O)C[C@@H](C)[C@@]2(O)[C@H]1C=C(COC(c1ccccc1)(c1ccccc1)c1ccccc1)C[C@]1(O)C(=O)C(C)=C[C@@H]21. The number of Topliss-reactive ketones (excluding diaryl/α,β-unsaturated/α-hetero) is 2. The molecule has 0 amide bonds. The molecule has 0 spiro atoms. The molecular weight excluding hydrogens is 564 g/mol. The third-order valence-corrected chi connectivity index (χ3v) is 10.3. The zero-order valence-corrected chi connectivity index (χ0v) is 25.7. The molecule has 0 heterocycles. The van der Waals surface area contributed by atoms with E-state index in [4.69, 9.17) is 4.74 Å². The number of benzene rings is 3. The first-order valence-corrected chi connectivity index (χ1v) is 15.6. The standard InChI is InChI=1S/C39H40O6/c1-25-19-34-37(43,36(25)42)22-28(21-32-35(26(2)23-40)33(41)20-27(3)38(32,34)44)24-45-39(29-13-7-4-8-14-29,30-15-9-5-10-16-30)31-17-11-6-12-18-31/h4-19,21,27,32,34-35,40,43-44H,2,20,22-24H2,1,3H3/t27-,32+,34-,35+,37-,38-/m1/s1. The molecule has 3 N–H and O–H groups in total. The van der Waals surface area contributed by atoms with Gasteiger partial charge in [0.2, 0.25) is 0 Å². The molecule has 0 aliphatic heterocycles. The molecule has 3 aliphatic carbocycles. The third kappa shape index (κ3) is 4.88. The van der Waals surface area contributed by atoms with Crippen LogP contribution in [0.15, 0.2) is 126 Å². The van der Waals surface area contributed by atoms with Crippen LogP contribution in [0.1, 0.15) is 43.4 Å². The highest BCUT2D eigenvalue weighted by atomic mass is 16.5. The van der Waals surface area contributed by atoms with Gasteiger partial charge >= 0.3 is 0 Å². The Hall–Kier alpha value is -3.94. The van der Waals surface area contributed by atoms with Crippen molar-refractivity contribution in [2.45, 2.75) is 43.5 Å². The van der Waals surface area contributed by atoms with E-state index in [2.05, 4.69) is 6.58 Å². The molecule has 1 saturated carbocycles. The molecule has 45 heavy (non-hydrogen) atoms. The fourth-order valence-electron chi connectivity index (χ4n) is 8.09. The topological polar surface area (TPSA) is 104 Å². The van der Waals surface area contributed by atoms with Crippen LogP contribution in [0.3, 0.4) is 0 Å². The number of fused-ring (bicyclic) bond motifs is 3. The number of ketones is 2. The summed E-state index contributed by atoms with van der Waals surface area (Å²) < 4.78 is 7.08. The average Bonchev–Trinajstić information content (AvgIpc) is 3.22. The highest BCUT2D eigenvalue weighted by Crippen LogP contribution is 2.56. The maximum Gasteiger partial charge on any atom is 0.190 e. The van der Waals surface area contributed by atoms with E-state index < -0.39 is 52.9 Å². The number of aliphatic hydroxyl groups is 3. The minimum atomic E-state index is -1.92. The van der Waals surface area contributed by atoms with Crippen LogP contribution < -0.4 is 0 Å². The molecular formula is C39H40O6. The average molecular weight is 605 g/mol. The van der Waals surface area contributed by atoms with Gasteiger partial charge in [-0.15, -0.1) is 0 Å². The summed E-state index contributed by atoms with van der Waals surface area (Å²) in [6.45, 7) is 7.02. The summed E-state index contributed by atoms with van der Waals surface area (Å²) in [6, 6.07) is 29.7. The van der Waals surface area contributed by atoms with Gasteiger partial charge in [0.25, 0.3) is 0 Å². The summed E-state index contributed by atoms with van der Waals surface area (Å²) in [5, 5.41) is 34.9. The number of carbonyl (C=O) groups excluding carboxylic acids is 2. The second-order valence-corrected chi connectivity index (χ2v) is 12.9. The lowest BCUT2D eigenvalue weighted by atomic mass is 9.56. The van der Waals surface area contributed by atoms with E-state index >= 15 is 0 Å². The monoisotopic (exact) mass is 604 g/mol. The van der Waals surface area contributed by atoms with Gasteiger partial charge in [0.05, 0.1) is 18.8 Å². The zero-order valence-electron chi connectivity index (χ0n) is 25.7. The highest BCUT2D eigenvalue weighted by molar-refractivity contribution is 6.05. The molecule has 3 aromatic carbocycles. The Balaban J connectivity index is 1.52. The Bertz CT molecular complexity index is 1560. The van der Waals surface area contributed by atoms with Gasteiger partial charge < -0.3 is 20.1 Å². The van der Waals surface area contributed by atoms with E-state index in [1.54, 1.807) is 19.9 Å². The quantitative estimate of drug-likeness (QED) is 0.238. The molecule has 0 bridgehead atoms. The summed E-state index contributed by atoms with van der Waals surface area (Å²) in [5.74, 6) is -3.78. The van der Waals surface area contributed by atoms with Crippen LogP contribution in [-0.2, 0) is 19.9 Å². The molecule has 6 heteroatoms. The second kappa shape index (κ2) is 11.8. The summed E-state index contributed by atoms with van der Waals surface area (Å²) >= 11 is 0. The predicted molar refractivity (Wildman–Crippen MR) is 172 cm³/mol. The molecule has 6 atom stereocenters. The van der Waals surface area contributed by atoms with Gasteiger partial charge in [0.1, 0.15) is 17.0 Å². The van der Waals surface area contributed by atoms with Gasteiger partial charge in [-0.05, 0) is 46.3 Å². The third-order valence-electron chi connectivity index (χ3n) is 10.3. The van der Waals surface area contributed by atoms with Crippen LogP contribution in [-0.4, -0.2) is 51.3 Å². The van der Waals surface area contributed by atoms with Crippen LogP contribution in [0.2, 0.25) is 0 Å². The van der Waals surface area contributed by atoms with E-state index in [0.717, 1.165) is 16.7 Å². The Morgan fingerprint density at radius 1 is 0.889 bits per heavy atom. The van der Waals surface area contributed by atoms with Crippen molar-refractivity contribution in [2.75, 3.05) is 13.2 Å². The lowest BCUT2D eigenvalue weighted by Crippen LogP contribution is -2.62. The van der Waals surface area contributed by atoms with Crippen LogP contribution >= 0.6 is 0 Å². The van der Waals surface area contributed by atoms with Gasteiger partial charge in [-0.25, -0.2) is 0 Å². The van der Waals surface area contributed by atoms with Crippen molar-refractivity contribution in [3.05, 3.63) is 143 Å². The Morgan fingerprint density at radius 2 is 1.40 bits per heavy atom. The van der Waals surface area contributed by atoms with Crippen molar-refractivity contribution in [1.29, 1.82) is 0 Å². The van der Waals surface area contributed by atoms with Crippen LogP contribution in [0.5, 0.6) is 0 Å². The van der Waals surface area contributed by atoms with Gasteiger partial charge in [-0.2, -0.15) is 0 Å². The normalized spacial score (nSPS) is 29.7. The molecule has 0 aromatic heterocycles. The number of aliphatic hydroxyl groups excluding tert-OH is 1. The van der Waals surface area contributed by atoms with E-state index in [1.807, 2.05) is 97.1 Å². The van der Waals surface area contributed by atoms with Crippen LogP contribution in [0.25, 0.3) is 0 Å². The molecule has 3 aromatic rings. The molecule has 0 radical (unpaired) electrons. The Morgan fingerprint density at radius 3 is 1.89 bits per heavy atom. The van der Waals surface area contributed by atoms with Gasteiger partial charge in [-0.3, -0.25) is 9.59 Å². The van der Waals surface area contributed by atoms with Gasteiger partial charge in [-0.1, -0.05) is 117 Å². The number of hydrogen-bond acceptors (Lipinski definition) is 6.